The van der Waals surface area contributed by atoms with Crippen LogP contribution in [0.5, 0.6) is 0 Å². The van der Waals surface area contributed by atoms with Crippen molar-refractivity contribution in [3.63, 3.8) is 0 Å². The summed E-state index contributed by atoms with van der Waals surface area (Å²) in [6, 6.07) is 7.86. The molecule has 19 heavy (non-hydrogen) atoms. The van der Waals surface area contributed by atoms with E-state index >= 15 is 0 Å². The van der Waals surface area contributed by atoms with E-state index in [2.05, 4.69) is 16.4 Å². The van der Waals surface area contributed by atoms with Crippen molar-refractivity contribution in [1.29, 1.82) is 0 Å². The summed E-state index contributed by atoms with van der Waals surface area (Å²) in [5, 5.41) is 0. The molecule has 0 fully saturated rings. The zero-order chi connectivity index (χ0) is 15.7. The topological polar surface area (TPSA) is 64.4 Å². The third kappa shape index (κ3) is 6.27. The van der Waals surface area contributed by atoms with Gasteiger partial charge in [0.2, 0.25) is 0 Å². The minimum absolute atomic E-state index is 0.746. The van der Waals surface area contributed by atoms with Crippen molar-refractivity contribution >= 4 is 17.5 Å². The molecule has 0 bridgehead atoms. The Morgan fingerprint density at radius 2 is 2.00 bits per heavy atom. The quantitative estimate of drug-likeness (QED) is 0.605. The maximum Gasteiger partial charge on any atom is 0.156 e. The average molecular weight is 257 g/mol. The highest BCUT2D eigenvalue weighted by molar-refractivity contribution is 5.95. The van der Waals surface area contributed by atoms with Gasteiger partial charge in [0.15, 0.2) is 2.82 Å². The van der Waals surface area contributed by atoms with Gasteiger partial charge in [-0.1, -0.05) is 24.3 Å². The van der Waals surface area contributed by atoms with Gasteiger partial charge in [0.25, 0.3) is 0 Å². The van der Waals surface area contributed by atoms with E-state index in [9.17, 15) is 0 Å². The lowest BCUT2D eigenvalue weighted by atomic mass is 10.2. The van der Waals surface area contributed by atoms with Crippen molar-refractivity contribution in [3.05, 3.63) is 59.5 Å². The van der Waals surface area contributed by atoms with E-state index in [0.717, 1.165) is 28.4 Å². The first-order chi connectivity index (χ1) is 10.0. The third-order valence-electron chi connectivity index (χ3n) is 2.24. The number of nitrogens with zero attached hydrogens (tertiary/aromatic N) is 1. The molecule has 0 saturated carbocycles. The van der Waals surface area contributed by atoms with Crippen LogP contribution in [0.25, 0.3) is 6.08 Å². The van der Waals surface area contributed by atoms with Crippen LogP contribution in [0.2, 0.25) is 2.82 Å². The van der Waals surface area contributed by atoms with Crippen LogP contribution >= 0.6 is 0 Å². The van der Waals surface area contributed by atoms with Gasteiger partial charge in [-0.05, 0) is 50.6 Å². The van der Waals surface area contributed by atoms with E-state index in [4.69, 9.17) is 2.82 Å². The first-order valence-corrected chi connectivity index (χ1v) is 6.09. The lowest BCUT2D eigenvalue weighted by Gasteiger charge is -1.99. The van der Waals surface area contributed by atoms with Crippen molar-refractivity contribution in [2.24, 2.45) is 16.4 Å². The largest absolute Gasteiger partial charge is 0.402 e. The molecule has 0 aliphatic rings. The van der Waals surface area contributed by atoms with Gasteiger partial charge in [0.05, 0.1) is 5.69 Å². The first kappa shape index (κ1) is 11.8. The van der Waals surface area contributed by atoms with E-state index in [0.29, 0.717) is 0 Å². The van der Waals surface area contributed by atoms with Gasteiger partial charge in [-0.3, -0.25) is 4.99 Å². The Hall–Kier alpha value is -2.29. The van der Waals surface area contributed by atoms with Crippen molar-refractivity contribution in [3.8, 4) is 0 Å². The number of aliphatic imine (C=N–C) groups is 1. The van der Waals surface area contributed by atoms with Crippen LogP contribution in [0.3, 0.4) is 0 Å². The standard InChI is InChI=1S/C16H21N3/c1-12(17)6-4-7-15-8-5-9-16(11-15)19-14(3)10-13(2)18/h4-11H,17-18H2,1-3H3/b7-4?,12-6-,13-10-,19-14?/i/hD2. The molecule has 0 saturated heterocycles. The highest BCUT2D eigenvalue weighted by Gasteiger charge is 1.92. The molecule has 3 nitrogen and oxygen atoms in total. The summed E-state index contributed by atoms with van der Waals surface area (Å²) in [6.45, 7) is 5.55. The molecule has 0 amide bonds. The van der Waals surface area contributed by atoms with Gasteiger partial charge in [-0.25, -0.2) is 0 Å². The molecule has 0 heterocycles. The number of rotatable bonds is 6. The summed E-state index contributed by atoms with van der Waals surface area (Å²) < 4.78 is 14.0. The molecule has 4 N–H and O–H groups in total. The van der Waals surface area contributed by atoms with Crippen molar-refractivity contribution in [2.75, 3.05) is 0 Å². The molecule has 0 aromatic heterocycles. The molecule has 3 heteroatoms. The van der Waals surface area contributed by atoms with E-state index < -0.39 is 0 Å². The maximum atomic E-state index is 7.04. The minimum atomic E-state index is 0.746. The summed E-state index contributed by atoms with van der Waals surface area (Å²) >= 11 is 0. The van der Waals surface area contributed by atoms with Crippen LogP contribution in [0.4, 0.5) is 5.69 Å². The Morgan fingerprint density at radius 1 is 1.21 bits per heavy atom. The lowest BCUT2D eigenvalue weighted by molar-refractivity contribution is 1.32. The van der Waals surface area contributed by atoms with Gasteiger partial charge in [-0.15, -0.1) is 0 Å². The molecule has 1 aromatic carbocycles. The fourth-order valence-corrected chi connectivity index (χ4v) is 1.55. The highest BCUT2D eigenvalue weighted by Crippen LogP contribution is 2.16. The fourth-order valence-electron chi connectivity index (χ4n) is 1.55. The van der Waals surface area contributed by atoms with Crippen LogP contribution in [0.15, 0.2) is 58.9 Å². The zero-order valence-electron chi connectivity index (χ0n) is 13.6. The second kappa shape index (κ2) is 7.21. The minimum Gasteiger partial charge on any atom is -0.402 e. The Kier molecular flexibility index (Phi) is 4.47. The molecule has 0 unspecified atom stereocenters. The molecule has 100 valence electrons. The lowest BCUT2D eigenvalue weighted by Crippen LogP contribution is -1.94. The van der Waals surface area contributed by atoms with Gasteiger partial charge in [0.1, 0.15) is 0 Å². The van der Waals surface area contributed by atoms with Crippen LogP contribution in [-0.2, 0) is 0 Å². The molecule has 0 atom stereocenters. The Balaban J connectivity index is 2.89. The molecular formula is C16H21N3. The smallest absolute Gasteiger partial charge is 0.156 e. The summed E-state index contributed by atoms with van der Waals surface area (Å²) in [5.41, 5.74) is 8.91. The molecule has 0 aliphatic carbocycles. The Bertz CT molecular complexity index is 587. The zero-order valence-corrected chi connectivity index (χ0v) is 11.6. The predicted molar refractivity (Wildman–Crippen MR) is 84.1 cm³/mol. The van der Waals surface area contributed by atoms with Crippen LogP contribution in [0.1, 0.15) is 26.3 Å². The average Bonchev–Trinajstić information content (AvgIpc) is 2.47. The van der Waals surface area contributed by atoms with E-state index in [1.54, 1.807) is 0 Å². The number of benzene rings is 1. The molecule has 0 radical (unpaired) electrons. The fraction of sp³-hybridized carbons (Fsp3) is 0.188. The van der Waals surface area contributed by atoms with Crippen LogP contribution in [-0.4, -0.2) is 5.71 Å². The molecule has 1 rings (SSSR count). The van der Waals surface area contributed by atoms with Crippen LogP contribution < -0.4 is 11.5 Å². The van der Waals surface area contributed by atoms with Gasteiger partial charge >= 0.3 is 0 Å². The van der Waals surface area contributed by atoms with E-state index in [1.807, 2.05) is 69.3 Å². The summed E-state index contributed by atoms with van der Waals surface area (Å²) in [5.74, 6) is 0. The van der Waals surface area contributed by atoms with Gasteiger partial charge in [-0.2, -0.15) is 0 Å². The number of hydrogen-bond donors (Lipinski definition) is 2. The number of nitrogens with two attached hydrogens (primary N) is 2. The summed E-state index contributed by atoms with van der Waals surface area (Å²) in [6.07, 6.45) is 7.50. The normalized spacial score (nSPS) is 15.2. The number of allylic oxidation sites excluding steroid dienone is 5. The Morgan fingerprint density at radius 3 is 2.74 bits per heavy atom. The third-order valence-corrected chi connectivity index (χ3v) is 2.24. The second-order valence-electron chi connectivity index (χ2n) is 4.38. The van der Waals surface area contributed by atoms with Crippen molar-refractivity contribution in [2.45, 2.75) is 20.8 Å². The molecule has 0 aliphatic heterocycles. The second-order valence-corrected chi connectivity index (χ2v) is 4.38. The van der Waals surface area contributed by atoms with Crippen LogP contribution in [0, 0.1) is 0 Å². The summed E-state index contributed by atoms with van der Waals surface area (Å²) in [4.78, 5) is 4.49. The Labute approximate surface area is 118 Å². The van der Waals surface area contributed by atoms with Gasteiger partial charge < -0.3 is 11.5 Å². The predicted octanol–water partition coefficient (Wildman–Crippen LogP) is 3.52. The number of hydrogen-bond acceptors (Lipinski definition) is 3. The maximum absolute atomic E-state index is 7.04. The SMILES string of the molecule is [2H]N/C(C)=C\C=Cc1cccc(N=C(C)/C=C(/C)N[2H])c1. The van der Waals surface area contributed by atoms with Crippen molar-refractivity contribution < 1.29 is 2.82 Å². The van der Waals surface area contributed by atoms with E-state index in [1.165, 1.54) is 0 Å². The molecule has 1 aromatic rings. The molecular weight excluding hydrogens is 234 g/mol. The summed E-state index contributed by atoms with van der Waals surface area (Å²) in [7, 11) is 0. The molecule has 0 spiro atoms. The first-order valence-electron chi connectivity index (χ1n) is 7.09. The van der Waals surface area contributed by atoms with Gasteiger partial charge in [0, 0.05) is 17.1 Å². The monoisotopic (exact) mass is 257 g/mol. The van der Waals surface area contributed by atoms with Crippen molar-refractivity contribution in [1.82, 2.24) is 0 Å². The highest BCUT2D eigenvalue weighted by atomic mass is 14.7. The van der Waals surface area contributed by atoms with E-state index in [-0.39, 0.29) is 0 Å².